The van der Waals surface area contributed by atoms with Crippen molar-refractivity contribution in [1.29, 1.82) is 0 Å². The van der Waals surface area contributed by atoms with Gasteiger partial charge in [0, 0.05) is 5.69 Å². The Morgan fingerprint density at radius 2 is 1.85 bits per heavy atom. The highest BCUT2D eigenvalue weighted by Crippen LogP contribution is 2.27. The first kappa shape index (κ1) is 13.9. The maximum absolute atomic E-state index is 11.4. The first-order chi connectivity index (χ1) is 9.60. The van der Waals surface area contributed by atoms with Crippen LogP contribution in [0.4, 0.5) is 5.69 Å². The van der Waals surface area contributed by atoms with E-state index in [-0.39, 0.29) is 5.56 Å². The van der Waals surface area contributed by atoms with Crippen molar-refractivity contribution >= 4 is 11.6 Å². The summed E-state index contributed by atoms with van der Waals surface area (Å²) >= 11 is 0. The van der Waals surface area contributed by atoms with Crippen molar-refractivity contribution < 1.29 is 9.53 Å². The number of ether oxygens (including phenoxy) is 1. The zero-order chi connectivity index (χ0) is 14.5. The normalized spacial score (nSPS) is 10.2. The number of hydrogen-bond donors (Lipinski definition) is 2. The molecule has 2 aromatic carbocycles. The summed E-state index contributed by atoms with van der Waals surface area (Å²) in [5, 5.41) is 0. The maximum atomic E-state index is 11.4. The van der Waals surface area contributed by atoms with Crippen LogP contribution in [0.5, 0.6) is 11.5 Å². The molecule has 0 aromatic heterocycles. The Morgan fingerprint density at radius 1 is 1.15 bits per heavy atom. The Bertz CT molecular complexity index is 606. The molecule has 4 nitrogen and oxygen atoms in total. The van der Waals surface area contributed by atoms with Crippen LogP contribution in [0.3, 0.4) is 0 Å². The summed E-state index contributed by atoms with van der Waals surface area (Å²) in [6, 6.07) is 12.6. The number of amides is 1. The standard InChI is InChI=1S/C16H18N2O2/c1-2-3-11-4-7-13(8-5-11)20-15-9-6-12(17)10-14(15)16(18)19/h4-10H,2-3,17H2,1H3,(H2,18,19). The Balaban J connectivity index is 2.23. The van der Waals surface area contributed by atoms with Crippen molar-refractivity contribution in [3.63, 3.8) is 0 Å². The number of carbonyl (C=O) groups excluding carboxylic acids is 1. The van der Waals surface area contributed by atoms with Crippen LogP contribution in [0, 0.1) is 0 Å². The zero-order valence-corrected chi connectivity index (χ0v) is 11.4. The molecule has 2 rings (SSSR count). The minimum atomic E-state index is -0.560. The van der Waals surface area contributed by atoms with E-state index < -0.39 is 5.91 Å². The van der Waals surface area contributed by atoms with Crippen molar-refractivity contribution in [1.82, 2.24) is 0 Å². The first-order valence-corrected chi connectivity index (χ1v) is 6.56. The lowest BCUT2D eigenvalue weighted by atomic mass is 10.1. The number of nitrogens with two attached hydrogens (primary N) is 2. The molecule has 1 amide bonds. The molecule has 2 aromatic rings. The van der Waals surface area contributed by atoms with E-state index in [1.165, 1.54) is 11.6 Å². The van der Waals surface area contributed by atoms with Gasteiger partial charge in [-0.1, -0.05) is 25.5 Å². The molecular weight excluding hydrogens is 252 g/mol. The van der Waals surface area contributed by atoms with Crippen LogP contribution in [0.25, 0.3) is 0 Å². The van der Waals surface area contributed by atoms with E-state index in [9.17, 15) is 4.79 Å². The van der Waals surface area contributed by atoms with Crippen LogP contribution < -0.4 is 16.2 Å². The highest BCUT2D eigenvalue weighted by molar-refractivity contribution is 5.96. The fourth-order valence-electron chi connectivity index (χ4n) is 1.97. The van der Waals surface area contributed by atoms with Crippen molar-refractivity contribution in [2.75, 3.05) is 5.73 Å². The molecule has 20 heavy (non-hydrogen) atoms. The van der Waals surface area contributed by atoms with Crippen LogP contribution in [-0.4, -0.2) is 5.91 Å². The summed E-state index contributed by atoms with van der Waals surface area (Å²) < 4.78 is 5.70. The largest absolute Gasteiger partial charge is 0.457 e. The molecule has 0 atom stereocenters. The predicted molar refractivity (Wildman–Crippen MR) is 79.9 cm³/mol. The monoisotopic (exact) mass is 270 g/mol. The van der Waals surface area contributed by atoms with Crippen molar-refractivity contribution in [2.45, 2.75) is 19.8 Å². The lowest BCUT2D eigenvalue weighted by molar-refractivity contribution is 0.0998. The van der Waals surface area contributed by atoms with E-state index in [4.69, 9.17) is 16.2 Å². The van der Waals surface area contributed by atoms with Gasteiger partial charge in [0.1, 0.15) is 11.5 Å². The second kappa shape index (κ2) is 6.10. The molecule has 0 bridgehead atoms. The van der Waals surface area contributed by atoms with Crippen LogP contribution in [0.1, 0.15) is 29.3 Å². The van der Waals surface area contributed by atoms with E-state index in [0.717, 1.165) is 12.8 Å². The van der Waals surface area contributed by atoms with Gasteiger partial charge in [-0.15, -0.1) is 0 Å². The maximum Gasteiger partial charge on any atom is 0.252 e. The SMILES string of the molecule is CCCc1ccc(Oc2ccc(N)cc2C(N)=O)cc1. The number of nitrogen functional groups attached to an aromatic ring is 1. The predicted octanol–water partition coefficient (Wildman–Crippen LogP) is 3.11. The van der Waals surface area contributed by atoms with Gasteiger partial charge in [0.25, 0.3) is 5.91 Å². The van der Waals surface area contributed by atoms with Gasteiger partial charge in [-0.25, -0.2) is 0 Å². The van der Waals surface area contributed by atoms with Gasteiger partial charge >= 0.3 is 0 Å². The van der Waals surface area contributed by atoms with E-state index >= 15 is 0 Å². The molecule has 0 aliphatic heterocycles. The van der Waals surface area contributed by atoms with Crippen molar-refractivity contribution in [3.05, 3.63) is 53.6 Å². The number of anilines is 1. The summed E-state index contributed by atoms with van der Waals surface area (Å²) in [6.45, 7) is 2.14. The third kappa shape index (κ3) is 3.29. The molecule has 104 valence electrons. The van der Waals surface area contributed by atoms with Crippen LogP contribution in [0.15, 0.2) is 42.5 Å². The van der Waals surface area contributed by atoms with Crippen LogP contribution in [-0.2, 0) is 6.42 Å². The van der Waals surface area contributed by atoms with E-state index in [0.29, 0.717) is 17.2 Å². The van der Waals surface area contributed by atoms with Crippen LogP contribution >= 0.6 is 0 Å². The van der Waals surface area contributed by atoms with Gasteiger partial charge in [0.15, 0.2) is 0 Å². The average Bonchev–Trinajstić information content (AvgIpc) is 2.43. The lowest BCUT2D eigenvalue weighted by Gasteiger charge is -2.10. The highest BCUT2D eigenvalue weighted by atomic mass is 16.5. The number of primary amides is 1. The third-order valence-electron chi connectivity index (χ3n) is 2.96. The summed E-state index contributed by atoms with van der Waals surface area (Å²) in [5.41, 5.74) is 13.0. The average molecular weight is 270 g/mol. The topological polar surface area (TPSA) is 78.3 Å². The third-order valence-corrected chi connectivity index (χ3v) is 2.96. The van der Waals surface area contributed by atoms with Gasteiger partial charge in [-0.2, -0.15) is 0 Å². The second-order valence-electron chi connectivity index (χ2n) is 4.62. The Labute approximate surface area is 118 Å². The molecule has 0 saturated carbocycles. The molecule has 4 N–H and O–H groups in total. The quantitative estimate of drug-likeness (QED) is 0.819. The van der Waals surface area contributed by atoms with Gasteiger partial charge in [-0.05, 0) is 42.3 Å². The van der Waals surface area contributed by atoms with Gasteiger partial charge in [-0.3, -0.25) is 4.79 Å². The minimum Gasteiger partial charge on any atom is -0.457 e. The molecule has 0 radical (unpaired) electrons. The minimum absolute atomic E-state index is 0.280. The molecule has 0 aliphatic rings. The summed E-state index contributed by atoms with van der Waals surface area (Å²) in [6.07, 6.45) is 2.14. The Hall–Kier alpha value is -2.49. The van der Waals surface area contributed by atoms with E-state index in [1.54, 1.807) is 12.1 Å². The fraction of sp³-hybridized carbons (Fsp3) is 0.188. The number of benzene rings is 2. The highest BCUT2D eigenvalue weighted by Gasteiger charge is 2.10. The summed E-state index contributed by atoms with van der Waals surface area (Å²) in [7, 11) is 0. The van der Waals surface area contributed by atoms with Crippen LogP contribution in [0.2, 0.25) is 0 Å². The van der Waals surface area contributed by atoms with Gasteiger partial charge in [0.2, 0.25) is 0 Å². The van der Waals surface area contributed by atoms with Gasteiger partial charge in [0.05, 0.1) is 5.56 Å². The summed E-state index contributed by atoms with van der Waals surface area (Å²) in [5.74, 6) is 0.516. The Morgan fingerprint density at radius 3 is 2.45 bits per heavy atom. The molecular formula is C16H18N2O2. The number of hydrogen-bond acceptors (Lipinski definition) is 3. The fourth-order valence-corrected chi connectivity index (χ4v) is 1.97. The van der Waals surface area contributed by atoms with Crippen molar-refractivity contribution in [2.24, 2.45) is 5.73 Å². The number of rotatable bonds is 5. The smallest absolute Gasteiger partial charge is 0.252 e. The summed E-state index contributed by atoms with van der Waals surface area (Å²) in [4.78, 5) is 11.4. The number of carbonyl (C=O) groups is 1. The molecule has 0 saturated heterocycles. The molecule has 0 heterocycles. The Kier molecular flexibility index (Phi) is 4.25. The van der Waals surface area contributed by atoms with Gasteiger partial charge < -0.3 is 16.2 Å². The molecule has 0 spiro atoms. The first-order valence-electron chi connectivity index (χ1n) is 6.56. The molecule has 0 fully saturated rings. The van der Waals surface area contributed by atoms with E-state index in [2.05, 4.69) is 6.92 Å². The van der Waals surface area contributed by atoms with Crippen molar-refractivity contribution in [3.8, 4) is 11.5 Å². The zero-order valence-electron chi connectivity index (χ0n) is 11.4. The molecule has 0 aliphatic carbocycles. The number of aryl methyl sites for hydroxylation is 1. The molecule has 0 unspecified atom stereocenters. The molecule has 4 heteroatoms. The van der Waals surface area contributed by atoms with E-state index in [1.807, 2.05) is 24.3 Å². The second-order valence-corrected chi connectivity index (χ2v) is 4.62. The lowest BCUT2D eigenvalue weighted by Crippen LogP contribution is -2.12.